The fourth-order valence-electron chi connectivity index (χ4n) is 1.28. The molecule has 0 spiro atoms. The van der Waals surface area contributed by atoms with Crippen molar-refractivity contribution < 1.29 is 17.9 Å². The maximum Gasteiger partial charge on any atom is 0.414 e. The zero-order chi connectivity index (χ0) is 12.9. The molecule has 0 radical (unpaired) electrons. The van der Waals surface area contributed by atoms with Gasteiger partial charge in [0.15, 0.2) is 6.10 Å². The summed E-state index contributed by atoms with van der Waals surface area (Å²) < 4.78 is 41.0. The van der Waals surface area contributed by atoms with Crippen molar-refractivity contribution in [1.29, 1.82) is 0 Å². The third-order valence-electron chi connectivity index (χ3n) is 2.28. The van der Waals surface area contributed by atoms with E-state index in [1.807, 2.05) is 31.2 Å². The van der Waals surface area contributed by atoms with Crippen molar-refractivity contribution in [3.8, 4) is 0 Å². The van der Waals surface area contributed by atoms with Crippen molar-refractivity contribution in [1.82, 2.24) is 0 Å². The highest BCUT2D eigenvalue weighted by Crippen LogP contribution is 2.22. The van der Waals surface area contributed by atoms with E-state index in [2.05, 4.69) is 10.1 Å². The van der Waals surface area contributed by atoms with Crippen LogP contribution >= 0.6 is 0 Å². The molecule has 0 saturated heterocycles. The Balaban J connectivity index is 2.25. The van der Waals surface area contributed by atoms with Crippen LogP contribution in [0.2, 0.25) is 0 Å². The SMILES string of the molecule is Cc1cccc(NCCOC(C)C(F)(F)F)c1. The molecule has 96 valence electrons. The topological polar surface area (TPSA) is 21.3 Å². The first-order chi connectivity index (χ1) is 7.89. The molecular weight excluding hydrogens is 231 g/mol. The quantitative estimate of drug-likeness (QED) is 0.805. The lowest BCUT2D eigenvalue weighted by Gasteiger charge is -2.16. The third-order valence-corrected chi connectivity index (χ3v) is 2.28. The minimum atomic E-state index is -4.29. The summed E-state index contributed by atoms with van der Waals surface area (Å²) in [5.41, 5.74) is 1.98. The lowest BCUT2D eigenvalue weighted by molar-refractivity contribution is -0.213. The monoisotopic (exact) mass is 247 g/mol. The summed E-state index contributed by atoms with van der Waals surface area (Å²) in [5, 5.41) is 3.00. The molecule has 1 aromatic rings. The third kappa shape index (κ3) is 5.08. The Morgan fingerprint density at radius 3 is 2.65 bits per heavy atom. The maximum atomic E-state index is 12.1. The molecule has 1 N–H and O–H groups in total. The Morgan fingerprint density at radius 1 is 1.35 bits per heavy atom. The highest BCUT2D eigenvalue weighted by Gasteiger charge is 2.36. The minimum absolute atomic E-state index is 0.0224. The van der Waals surface area contributed by atoms with Crippen LogP contribution in [0.25, 0.3) is 0 Å². The van der Waals surface area contributed by atoms with Crippen LogP contribution in [0.4, 0.5) is 18.9 Å². The van der Waals surface area contributed by atoms with Crippen LogP contribution in [0.5, 0.6) is 0 Å². The Hall–Kier alpha value is -1.23. The first kappa shape index (κ1) is 13.8. The summed E-state index contributed by atoms with van der Waals surface area (Å²) in [6.07, 6.45) is -6.01. The molecule has 0 heterocycles. The zero-order valence-electron chi connectivity index (χ0n) is 9.84. The number of halogens is 3. The van der Waals surface area contributed by atoms with Crippen LogP contribution in [0.15, 0.2) is 24.3 Å². The van der Waals surface area contributed by atoms with Crippen molar-refractivity contribution in [2.75, 3.05) is 18.5 Å². The Morgan fingerprint density at radius 2 is 2.06 bits per heavy atom. The second-order valence-electron chi connectivity index (χ2n) is 3.85. The summed E-state index contributed by atoms with van der Waals surface area (Å²) in [5.74, 6) is 0. The highest BCUT2D eigenvalue weighted by atomic mass is 19.4. The number of anilines is 1. The smallest absolute Gasteiger partial charge is 0.383 e. The molecule has 1 rings (SSSR count). The number of ether oxygens (including phenoxy) is 1. The average molecular weight is 247 g/mol. The van der Waals surface area contributed by atoms with Gasteiger partial charge in [0, 0.05) is 12.2 Å². The number of benzene rings is 1. The van der Waals surface area contributed by atoms with Gasteiger partial charge in [0.2, 0.25) is 0 Å². The van der Waals surface area contributed by atoms with Crippen molar-refractivity contribution in [3.05, 3.63) is 29.8 Å². The van der Waals surface area contributed by atoms with Crippen molar-refractivity contribution in [2.24, 2.45) is 0 Å². The summed E-state index contributed by atoms with van der Waals surface area (Å²) in [6.45, 7) is 3.33. The van der Waals surface area contributed by atoms with Crippen molar-refractivity contribution >= 4 is 5.69 Å². The van der Waals surface area contributed by atoms with Gasteiger partial charge < -0.3 is 10.1 Å². The van der Waals surface area contributed by atoms with Gasteiger partial charge in [0.05, 0.1) is 6.61 Å². The largest absolute Gasteiger partial charge is 0.414 e. The summed E-state index contributed by atoms with van der Waals surface area (Å²) in [6, 6.07) is 7.62. The molecule has 0 aliphatic carbocycles. The molecule has 0 aliphatic heterocycles. The lowest BCUT2D eigenvalue weighted by Crippen LogP contribution is -2.30. The first-order valence-corrected chi connectivity index (χ1v) is 5.38. The molecule has 2 nitrogen and oxygen atoms in total. The van der Waals surface area contributed by atoms with E-state index in [9.17, 15) is 13.2 Å². The number of nitrogens with one attached hydrogen (secondary N) is 1. The second-order valence-corrected chi connectivity index (χ2v) is 3.85. The zero-order valence-corrected chi connectivity index (χ0v) is 9.84. The maximum absolute atomic E-state index is 12.1. The Kier molecular flexibility index (Phi) is 4.81. The molecule has 1 aromatic carbocycles. The molecule has 5 heteroatoms. The van der Waals surface area contributed by atoms with E-state index in [1.54, 1.807) is 0 Å². The molecule has 0 aliphatic rings. The molecule has 1 atom stereocenters. The number of rotatable bonds is 5. The molecule has 1 unspecified atom stereocenters. The lowest BCUT2D eigenvalue weighted by atomic mass is 10.2. The van der Waals surface area contributed by atoms with E-state index in [0.29, 0.717) is 6.54 Å². The minimum Gasteiger partial charge on any atom is -0.383 e. The van der Waals surface area contributed by atoms with Crippen molar-refractivity contribution in [2.45, 2.75) is 26.1 Å². The van der Waals surface area contributed by atoms with E-state index in [4.69, 9.17) is 0 Å². The van der Waals surface area contributed by atoms with Crippen molar-refractivity contribution in [3.63, 3.8) is 0 Å². The van der Waals surface area contributed by atoms with Gasteiger partial charge in [0.25, 0.3) is 0 Å². The molecule has 0 aromatic heterocycles. The van der Waals surface area contributed by atoms with Gasteiger partial charge in [-0.3, -0.25) is 0 Å². The number of alkyl halides is 3. The summed E-state index contributed by atoms with van der Waals surface area (Å²) in [4.78, 5) is 0. The van der Waals surface area contributed by atoms with Gasteiger partial charge in [-0.05, 0) is 31.5 Å². The van der Waals surface area contributed by atoms with Crippen LogP contribution in [0.1, 0.15) is 12.5 Å². The van der Waals surface area contributed by atoms with Crippen LogP contribution in [0, 0.1) is 6.92 Å². The molecule has 0 amide bonds. The van der Waals surface area contributed by atoms with E-state index in [0.717, 1.165) is 18.2 Å². The van der Waals surface area contributed by atoms with E-state index >= 15 is 0 Å². The van der Waals surface area contributed by atoms with E-state index in [-0.39, 0.29) is 6.61 Å². The molecular formula is C12H16F3NO. The average Bonchev–Trinajstić information content (AvgIpc) is 2.23. The number of hydrogen-bond donors (Lipinski definition) is 1. The van der Waals surface area contributed by atoms with E-state index < -0.39 is 12.3 Å². The van der Waals surface area contributed by atoms with Gasteiger partial charge >= 0.3 is 6.18 Å². The molecule has 0 bridgehead atoms. The van der Waals surface area contributed by atoms with Crippen LogP contribution in [-0.4, -0.2) is 25.4 Å². The van der Waals surface area contributed by atoms with Gasteiger partial charge in [0.1, 0.15) is 0 Å². The summed E-state index contributed by atoms with van der Waals surface area (Å²) in [7, 11) is 0. The number of aryl methyl sites for hydroxylation is 1. The second kappa shape index (κ2) is 5.91. The predicted octanol–water partition coefficient (Wildman–Crippen LogP) is 3.37. The predicted molar refractivity (Wildman–Crippen MR) is 61.1 cm³/mol. The fourth-order valence-corrected chi connectivity index (χ4v) is 1.28. The van der Waals surface area contributed by atoms with Gasteiger partial charge in [-0.15, -0.1) is 0 Å². The van der Waals surface area contributed by atoms with Gasteiger partial charge in [-0.25, -0.2) is 0 Å². The van der Waals surface area contributed by atoms with Crippen LogP contribution in [-0.2, 0) is 4.74 Å². The highest BCUT2D eigenvalue weighted by molar-refractivity contribution is 5.45. The molecule has 0 fully saturated rings. The van der Waals surface area contributed by atoms with Gasteiger partial charge in [-0.2, -0.15) is 13.2 Å². The Bertz CT molecular complexity index is 352. The van der Waals surface area contributed by atoms with Gasteiger partial charge in [-0.1, -0.05) is 12.1 Å². The number of hydrogen-bond acceptors (Lipinski definition) is 2. The first-order valence-electron chi connectivity index (χ1n) is 5.38. The fraction of sp³-hybridized carbons (Fsp3) is 0.500. The Labute approximate surface area is 98.8 Å². The van der Waals surface area contributed by atoms with E-state index in [1.165, 1.54) is 0 Å². The molecule has 17 heavy (non-hydrogen) atoms. The van der Waals surface area contributed by atoms with Crippen LogP contribution in [0.3, 0.4) is 0 Å². The molecule has 0 saturated carbocycles. The summed E-state index contributed by atoms with van der Waals surface area (Å²) >= 11 is 0. The normalized spacial score (nSPS) is 13.5. The van der Waals surface area contributed by atoms with Crippen LogP contribution < -0.4 is 5.32 Å². The standard InChI is InChI=1S/C12H16F3NO/c1-9-4-3-5-11(8-9)16-6-7-17-10(2)12(13,14)15/h3-5,8,10,16H,6-7H2,1-2H3.